The quantitative estimate of drug-likeness (QED) is 0.272. The standard InChI is InChI=1S/C15H27F3N4.HI/c1-19-14(20-9-8-13-6-4-3-5-7-13)21-10-11-22(2)12-15(16,17)18;/h6H,3-5,7-12H2,1-2H3,(H2,19,20,21);1H. The number of rotatable bonds is 7. The lowest BCUT2D eigenvalue weighted by atomic mass is 9.97. The van der Waals surface area contributed by atoms with Crippen LogP contribution in [0.5, 0.6) is 0 Å². The number of aliphatic imine (C=N–C) groups is 1. The van der Waals surface area contributed by atoms with Gasteiger partial charge in [0, 0.05) is 26.7 Å². The van der Waals surface area contributed by atoms with Crippen molar-refractivity contribution in [2.24, 2.45) is 4.99 Å². The fourth-order valence-corrected chi connectivity index (χ4v) is 2.44. The summed E-state index contributed by atoms with van der Waals surface area (Å²) < 4.78 is 36.6. The third-order valence-corrected chi connectivity index (χ3v) is 3.58. The summed E-state index contributed by atoms with van der Waals surface area (Å²) in [6.07, 6.45) is 4.06. The van der Waals surface area contributed by atoms with Gasteiger partial charge in [0.2, 0.25) is 0 Å². The molecule has 0 radical (unpaired) electrons. The predicted molar refractivity (Wildman–Crippen MR) is 99.5 cm³/mol. The number of hydrogen-bond acceptors (Lipinski definition) is 2. The van der Waals surface area contributed by atoms with Crippen LogP contribution in [0.25, 0.3) is 0 Å². The van der Waals surface area contributed by atoms with Crippen molar-refractivity contribution in [2.45, 2.75) is 38.3 Å². The van der Waals surface area contributed by atoms with Crippen LogP contribution in [0.1, 0.15) is 32.1 Å². The van der Waals surface area contributed by atoms with Crippen LogP contribution in [0.3, 0.4) is 0 Å². The Morgan fingerprint density at radius 3 is 2.52 bits per heavy atom. The van der Waals surface area contributed by atoms with Crippen molar-refractivity contribution in [1.29, 1.82) is 0 Å². The van der Waals surface area contributed by atoms with Crippen molar-refractivity contribution in [2.75, 3.05) is 40.3 Å². The zero-order valence-corrected chi connectivity index (χ0v) is 16.2. The van der Waals surface area contributed by atoms with Crippen molar-refractivity contribution >= 4 is 29.9 Å². The number of guanidine groups is 1. The van der Waals surface area contributed by atoms with Gasteiger partial charge in [-0.2, -0.15) is 13.2 Å². The molecule has 0 aromatic carbocycles. The van der Waals surface area contributed by atoms with E-state index in [-0.39, 0.29) is 24.0 Å². The third-order valence-electron chi connectivity index (χ3n) is 3.58. The van der Waals surface area contributed by atoms with Gasteiger partial charge in [0.15, 0.2) is 5.96 Å². The third kappa shape index (κ3) is 11.6. The van der Waals surface area contributed by atoms with Crippen molar-refractivity contribution in [1.82, 2.24) is 15.5 Å². The lowest BCUT2D eigenvalue weighted by molar-refractivity contribution is -0.142. The normalized spacial score (nSPS) is 15.9. The van der Waals surface area contributed by atoms with E-state index in [9.17, 15) is 13.2 Å². The molecule has 0 unspecified atom stereocenters. The summed E-state index contributed by atoms with van der Waals surface area (Å²) >= 11 is 0. The molecule has 0 fully saturated rings. The fourth-order valence-electron chi connectivity index (χ4n) is 2.44. The Balaban J connectivity index is 0.00000484. The van der Waals surface area contributed by atoms with E-state index in [0.717, 1.165) is 13.0 Å². The van der Waals surface area contributed by atoms with Crippen LogP contribution < -0.4 is 10.6 Å². The van der Waals surface area contributed by atoms with Crippen molar-refractivity contribution < 1.29 is 13.2 Å². The number of nitrogens with one attached hydrogen (secondary N) is 2. The van der Waals surface area contributed by atoms with E-state index in [0.29, 0.717) is 19.0 Å². The molecular formula is C15H28F3IN4. The molecule has 8 heteroatoms. The van der Waals surface area contributed by atoms with E-state index in [1.807, 2.05) is 0 Å². The monoisotopic (exact) mass is 448 g/mol. The molecule has 1 aliphatic carbocycles. The Morgan fingerprint density at radius 2 is 1.96 bits per heavy atom. The maximum atomic E-state index is 12.2. The summed E-state index contributed by atoms with van der Waals surface area (Å²) in [4.78, 5) is 5.32. The molecule has 0 atom stereocenters. The highest BCUT2D eigenvalue weighted by Crippen LogP contribution is 2.19. The number of hydrogen-bond donors (Lipinski definition) is 2. The summed E-state index contributed by atoms with van der Waals surface area (Å²) in [6, 6.07) is 0. The molecule has 0 spiro atoms. The van der Waals surface area contributed by atoms with Crippen LogP contribution in [0, 0.1) is 0 Å². The van der Waals surface area contributed by atoms with Crippen LogP contribution in [0.15, 0.2) is 16.6 Å². The lowest BCUT2D eigenvalue weighted by Gasteiger charge is -2.19. The molecule has 0 saturated carbocycles. The van der Waals surface area contributed by atoms with Gasteiger partial charge in [-0.1, -0.05) is 11.6 Å². The van der Waals surface area contributed by atoms with Crippen molar-refractivity contribution in [3.05, 3.63) is 11.6 Å². The Hall–Kier alpha value is -0.510. The summed E-state index contributed by atoms with van der Waals surface area (Å²) in [5.74, 6) is 0.636. The Labute approximate surface area is 154 Å². The first-order chi connectivity index (χ1) is 10.4. The molecule has 1 aliphatic rings. The highest BCUT2D eigenvalue weighted by Gasteiger charge is 2.28. The smallest absolute Gasteiger partial charge is 0.356 e. The molecule has 1 rings (SSSR count). The van der Waals surface area contributed by atoms with Gasteiger partial charge >= 0.3 is 6.18 Å². The van der Waals surface area contributed by atoms with E-state index < -0.39 is 12.7 Å². The van der Waals surface area contributed by atoms with Crippen molar-refractivity contribution in [3.63, 3.8) is 0 Å². The largest absolute Gasteiger partial charge is 0.401 e. The number of nitrogens with zero attached hydrogens (tertiary/aromatic N) is 2. The Morgan fingerprint density at radius 1 is 1.26 bits per heavy atom. The summed E-state index contributed by atoms with van der Waals surface area (Å²) in [5.41, 5.74) is 1.49. The highest BCUT2D eigenvalue weighted by atomic mass is 127. The zero-order valence-electron chi connectivity index (χ0n) is 13.9. The molecule has 0 aromatic rings. The van der Waals surface area contributed by atoms with Crippen LogP contribution >= 0.6 is 24.0 Å². The second-order valence-corrected chi connectivity index (χ2v) is 5.64. The number of likely N-dealkylation sites (N-methyl/N-ethyl adjacent to an activating group) is 1. The summed E-state index contributed by atoms with van der Waals surface area (Å²) in [5, 5.41) is 6.23. The molecule has 0 saturated heterocycles. The number of halogens is 4. The zero-order chi connectivity index (χ0) is 16.4. The second kappa shape index (κ2) is 11.9. The minimum absolute atomic E-state index is 0. The minimum atomic E-state index is -4.15. The van der Waals surface area contributed by atoms with Crippen LogP contribution in [0.4, 0.5) is 13.2 Å². The van der Waals surface area contributed by atoms with E-state index >= 15 is 0 Å². The van der Waals surface area contributed by atoms with Crippen LogP contribution in [0.2, 0.25) is 0 Å². The van der Waals surface area contributed by atoms with Crippen LogP contribution in [-0.2, 0) is 0 Å². The fraction of sp³-hybridized carbons (Fsp3) is 0.800. The average Bonchev–Trinajstić information content (AvgIpc) is 2.45. The van der Waals surface area contributed by atoms with Crippen LogP contribution in [-0.4, -0.2) is 57.3 Å². The Kier molecular flexibility index (Phi) is 11.7. The van der Waals surface area contributed by atoms with Gasteiger partial charge in [0.25, 0.3) is 0 Å². The molecule has 0 amide bonds. The SMILES string of the molecule is CN=C(NCCC1=CCCCC1)NCCN(C)CC(F)(F)F.I. The van der Waals surface area contributed by atoms with Gasteiger partial charge in [-0.3, -0.25) is 9.89 Å². The predicted octanol–water partition coefficient (Wildman–Crippen LogP) is 3.15. The first kappa shape index (κ1) is 22.5. The van der Waals surface area contributed by atoms with Gasteiger partial charge < -0.3 is 10.6 Å². The first-order valence-corrected chi connectivity index (χ1v) is 7.78. The molecule has 136 valence electrons. The van der Waals surface area contributed by atoms with Gasteiger partial charge in [-0.15, -0.1) is 24.0 Å². The second-order valence-electron chi connectivity index (χ2n) is 5.64. The Bertz CT molecular complexity index is 383. The maximum Gasteiger partial charge on any atom is 0.401 e. The van der Waals surface area contributed by atoms with Crippen molar-refractivity contribution in [3.8, 4) is 0 Å². The molecule has 2 N–H and O–H groups in total. The average molecular weight is 448 g/mol. The molecule has 0 aliphatic heterocycles. The van der Waals surface area contributed by atoms with E-state index in [4.69, 9.17) is 0 Å². The van der Waals surface area contributed by atoms with Gasteiger partial charge in [-0.25, -0.2) is 0 Å². The lowest BCUT2D eigenvalue weighted by Crippen LogP contribution is -2.42. The maximum absolute atomic E-state index is 12.2. The molecule has 0 bridgehead atoms. The van der Waals surface area contributed by atoms with E-state index in [1.54, 1.807) is 7.05 Å². The molecular weight excluding hydrogens is 420 g/mol. The molecule has 4 nitrogen and oxygen atoms in total. The molecule has 23 heavy (non-hydrogen) atoms. The minimum Gasteiger partial charge on any atom is -0.356 e. The van der Waals surface area contributed by atoms with Gasteiger partial charge in [-0.05, 0) is 39.2 Å². The summed E-state index contributed by atoms with van der Waals surface area (Å²) in [7, 11) is 3.12. The highest BCUT2D eigenvalue weighted by molar-refractivity contribution is 14.0. The first-order valence-electron chi connectivity index (χ1n) is 7.78. The van der Waals surface area contributed by atoms with E-state index in [2.05, 4.69) is 21.7 Å². The number of allylic oxidation sites excluding steroid dienone is 1. The summed E-state index contributed by atoms with van der Waals surface area (Å²) in [6.45, 7) is 0.638. The number of alkyl halides is 3. The topological polar surface area (TPSA) is 39.7 Å². The van der Waals surface area contributed by atoms with Gasteiger partial charge in [0.05, 0.1) is 6.54 Å². The molecule has 0 aromatic heterocycles. The molecule has 0 heterocycles. The van der Waals surface area contributed by atoms with E-state index in [1.165, 1.54) is 43.2 Å². The van der Waals surface area contributed by atoms with Gasteiger partial charge in [0.1, 0.15) is 0 Å².